The summed E-state index contributed by atoms with van der Waals surface area (Å²) in [6.07, 6.45) is 2.59. The molecule has 0 aliphatic heterocycles. The van der Waals surface area contributed by atoms with Crippen LogP contribution in [0.5, 0.6) is 0 Å². The van der Waals surface area contributed by atoms with Crippen LogP contribution >= 0.6 is 0 Å². The summed E-state index contributed by atoms with van der Waals surface area (Å²) < 4.78 is 0. The molecule has 98 valence electrons. The molecule has 4 nitrogen and oxygen atoms in total. The lowest BCUT2D eigenvalue weighted by Crippen LogP contribution is -2.37. The van der Waals surface area contributed by atoms with Crippen molar-refractivity contribution in [3.8, 4) is 0 Å². The van der Waals surface area contributed by atoms with Crippen LogP contribution in [0.4, 0.5) is 0 Å². The van der Waals surface area contributed by atoms with Gasteiger partial charge in [0.25, 0.3) is 0 Å². The normalized spacial score (nSPS) is 16.6. The first-order chi connectivity index (χ1) is 8.66. The van der Waals surface area contributed by atoms with E-state index in [9.17, 15) is 0 Å². The monoisotopic (exact) mass is 246 g/mol. The molecule has 0 radical (unpaired) electrons. The maximum absolute atomic E-state index is 5.42. The highest BCUT2D eigenvalue weighted by Gasteiger charge is 2.33. The van der Waals surface area contributed by atoms with E-state index in [1.165, 1.54) is 18.4 Å². The molecule has 1 aromatic rings. The molecule has 4 N–H and O–H groups in total. The Hall–Kier alpha value is -1.55. The van der Waals surface area contributed by atoms with Crippen LogP contribution in [0.3, 0.4) is 0 Å². The minimum Gasteiger partial charge on any atom is -0.370 e. The summed E-state index contributed by atoms with van der Waals surface area (Å²) in [6.45, 7) is 1.65. The fourth-order valence-electron chi connectivity index (χ4n) is 2.32. The predicted molar refractivity (Wildman–Crippen MR) is 75.1 cm³/mol. The fraction of sp³-hybridized carbons (Fsp3) is 0.500. The Morgan fingerprint density at radius 1 is 1.33 bits per heavy atom. The Morgan fingerprint density at radius 3 is 2.56 bits per heavy atom. The zero-order valence-corrected chi connectivity index (χ0v) is 10.9. The fourth-order valence-corrected chi connectivity index (χ4v) is 2.32. The lowest BCUT2D eigenvalue weighted by Gasteiger charge is -2.27. The third kappa shape index (κ3) is 3.74. The number of hydrogen-bond acceptors (Lipinski definition) is 2. The second-order valence-corrected chi connectivity index (χ2v) is 5.07. The van der Waals surface area contributed by atoms with Gasteiger partial charge in [0, 0.05) is 12.6 Å². The molecule has 4 heteroatoms. The molecule has 1 unspecified atom stereocenters. The van der Waals surface area contributed by atoms with Crippen LogP contribution in [0.1, 0.15) is 18.4 Å². The van der Waals surface area contributed by atoms with E-state index in [4.69, 9.17) is 11.5 Å². The third-order valence-corrected chi connectivity index (χ3v) is 3.47. The van der Waals surface area contributed by atoms with Crippen molar-refractivity contribution in [2.45, 2.75) is 25.4 Å². The number of nitrogens with two attached hydrogens (primary N) is 2. The van der Waals surface area contributed by atoms with Crippen LogP contribution < -0.4 is 11.5 Å². The maximum atomic E-state index is 5.42. The van der Waals surface area contributed by atoms with Gasteiger partial charge in [-0.1, -0.05) is 30.3 Å². The second-order valence-electron chi connectivity index (χ2n) is 5.07. The third-order valence-electron chi connectivity index (χ3n) is 3.47. The van der Waals surface area contributed by atoms with Crippen LogP contribution in [0.15, 0.2) is 35.3 Å². The molecule has 0 spiro atoms. The van der Waals surface area contributed by atoms with E-state index in [1.54, 1.807) is 0 Å². The van der Waals surface area contributed by atoms with Gasteiger partial charge < -0.3 is 11.5 Å². The Bertz CT molecular complexity index is 394. The van der Waals surface area contributed by atoms with Gasteiger partial charge in [-0.15, -0.1) is 0 Å². The quantitative estimate of drug-likeness (QED) is 0.585. The van der Waals surface area contributed by atoms with Crippen molar-refractivity contribution in [2.75, 3.05) is 13.6 Å². The minimum atomic E-state index is 0.189. The second kappa shape index (κ2) is 5.87. The van der Waals surface area contributed by atoms with Gasteiger partial charge in [0.1, 0.15) is 0 Å². The molecule has 1 saturated carbocycles. The van der Waals surface area contributed by atoms with Crippen molar-refractivity contribution in [1.29, 1.82) is 0 Å². The van der Waals surface area contributed by atoms with E-state index in [1.807, 2.05) is 6.07 Å². The van der Waals surface area contributed by atoms with E-state index in [2.05, 4.69) is 41.2 Å². The topological polar surface area (TPSA) is 67.6 Å². The highest BCUT2D eigenvalue weighted by Crippen LogP contribution is 2.35. The molecular weight excluding hydrogens is 224 g/mol. The van der Waals surface area contributed by atoms with Crippen LogP contribution in [-0.4, -0.2) is 30.5 Å². The molecule has 0 aromatic heterocycles. The summed E-state index contributed by atoms with van der Waals surface area (Å²) >= 11 is 0. The Morgan fingerprint density at radius 2 is 2.00 bits per heavy atom. The van der Waals surface area contributed by atoms with Crippen LogP contribution in [-0.2, 0) is 6.54 Å². The van der Waals surface area contributed by atoms with E-state index in [-0.39, 0.29) is 5.96 Å². The van der Waals surface area contributed by atoms with Gasteiger partial charge in [-0.05, 0) is 31.4 Å². The van der Waals surface area contributed by atoms with Gasteiger partial charge in [0.2, 0.25) is 0 Å². The molecule has 1 aromatic carbocycles. The highest BCUT2D eigenvalue weighted by atomic mass is 15.2. The summed E-state index contributed by atoms with van der Waals surface area (Å²) in [4.78, 5) is 6.54. The molecule has 1 fully saturated rings. The molecule has 2 rings (SSSR count). The standard InChI is InChI=1S/C14H22N4/c1-18(10-11-5-3-2-4-6-11)13(12-7-8-12)9-17-14(15)16/h2-6,12-13H,7-10H2,1H3,(H4,15,16,17). The predicted octanol–water partition coefficient (Wildman–Crippen LogP) is 1.17. The van der Waals surface area contributed by atoms with Gasteiger partial charge in [-0.3, -0.25) is 9.89 Å². The van der Waals surface area contributed by atoms with Gasteiger partial charge in [0.15, 0.2) is 5.96 Å². The number of hydrogen-bond donors (Lipinski definition) is 2. The Labute approximate surface area is 109 Å². The Kier molecular flexibility index (Phi) is 4.20. The van der Waals surface area contributed by atoms with Crippen molar-refractivity contribution in [3.05, 3.63) is 35.9 Å². The van der Waals surface area contributed by atoms with E-state index < -0.39 is 0 Å². The van der Waals surface area contributed by atoms with E-state index in [0.717, 1.165) is 12.5 Å². The molecule has 0 heterocycles. The molecule has 1 aliphatic carbocycles. The average molecular weight is 246 g/mol. The van der Waals surface area contributed by atoms with Crippen LogP contribution in [0.25, 0.3) is 0 Å². The number of nitrogens with zero attached hydrogens (tertiary/aromatic N) is 2. The summed E-state index contributed by atoms with van der Waals surface area (Å²) in [7, 11) is 2.15. The minimum absolute atomic E-state index is 0.189. The van der Waals surface area contributed by atoms with Gasteiger partial charge in [0.05, 0.1) is 6.54 Å². The highest BCUT2D eigenvalue weighted by molar-refractivity contribution is 5.75. The Balaban J connectivity index is 1.95. The van der Waals surface area contributed by atoms with Crippen LogP contribution in [0, 0.1) is 5.92 Å². The molecule has 1 atom stereocenters. The lowest BCUT2D eigenvalue weighted by atomic mass is 10.1. The van der Waals surface area contributed by atoms with Crippen molar-refractivity contribution < 1.29 is 0 Å². The first kappa shape index (κ1) is 12.9. The largest absolute Gasteiger partial charge is 0.370 e. The molecular formula is C14H22N4. The van der Waals surface area contributed by atoms with Gasteiger partial charge >= 0.3 is 0 Å². The number of benzene rings is 1. The first-order valence-corrected chi connectivity index (χ1v) is 6.46. The van der Waals surface area contributed by atoms with E-state index >= 15 is 0 Å². The number of likely N-dealkylation sites (N-methyl/N-ethyl adjacent to an activating group) is 1. The van der Waals surface area contributed by atoms with E-state index in [0.29, 0.717) is 12.6 Å². The molecule has 0 bridgehead atoms. The van der Waals surface area contributed by atoms with Crippen LogP contribution in [0.2, 0.25) is 0 Å². The summed E-state index contributed by atoms with van der Waals surface area (Å²) in [5, 5.41) is 0. The summed E-state index contributed by atoms with van der Waals surface area (Å²) in [5.41, 5.74) is 12.2. The summed E-state index contributed by atoms with van der Waals surface area (Å²) in [5.74, 6) is 0.940. The molecule has 18 heavy (non-hydrogen) atoms. The molecule has 0 amide bonds. The van der Waals surface area contributed by atoms with Crippen molar-refractivity contribution in [1.82, 2.24) is 4.90 Å². The SMILES string of the molecule is CN(Cc1ccccc1)C(CN=C(N)N)C1CC1. The average Bonchev–Trinajstić information content (AvgIpc) is 3.14. The van der Waals surface area contributed by atoms with Gasteiger partial charge in [-0.25, -0.2) is 0 Å². The molecule has 0 saturated heterocycles. The zero-order valence-electron chi connectivity index (χ0n) is 10.9. The first-order valence-electron chi connectivity index (χ1n) is 6.46. The van der Waals surface area contributed by atoms with Crippen molar-refractivity contribution in [2.24, 2.45) is 22.4 Å². The number of aliphatic imine (C=N–C) groups is 1. The van der Waals surface area contributed by atoms with Crippen molar-refractivity contribution in [3.63, 3.8) is 0 Å². The number of rotatable bonds is 6. The summed E-state index contributed by atoms with van der Waals surface area (Å²) in [6, 6.07) is 11.0. The van der Waals surface area contributed by atoms with Gasteiger partial charge in [-0.2, -0.15) is 0 Å². The molecule has 1 aliphatic rings. The zero-order chi connectivity index (χ0) is 13.0. The number of guanidine groups is 1. The smallest absolute Gasteiger partial charge is 0.185 e. The lowest BCUT2D eigenvalue weighted by molar-refractivity contribution is 0.216. The maximum Gasteiger partial charge on any atom is 0.185 e. The van der Waals surface area contributed by atoms with Crippen molar-refractivity contribution >= 4 is 5.96 Å².